The van der Waals surface area contributed by atoms with Crippen LogP contribution in [0.15, 0.2) is 48.2 Å². The molecule has 1 rings (SSSR count). The molecule has 0 saturated carbocycles. The van der Waals surface area contributed by atoms with Crippen LogP contribution in [0.25, 0.3) is 0 Å². The number of hydrogen-bond acceptors (Lipinski definition) is 4. The smallest absolute Gasteiger partial charge is 0.201 e. The van der Waals surface area contributed by atoms with Crippen molar-refractivity contribution in [3.05, 3.63) is 53.8 Å². The molecule has 0 aliphatic rings. The fourth-order valence-corrected chi connectivity index (χ4v) is 4.05. The lowest BCUT2D eigenvalue weighted by atomic mass is 10.1. The average molecular weight is 311 g/mol. The maximum atomic E-state index is 11.9. The normalized spacial score (nSPS) is 11.3. The summed E-state index contributed by atoms with van der Waals surface area (Å²) in [6.07, 6.45) is 5.53. The van der Waals surface area contributed by atoms with Gasteiger partial charge >= 0.3 is 0 Å². The second-order valence-corrected chi connectivity index (χ2v) is 7.36. The van der Waals surface area contributed by atoms with Crippen LogP contribution in [-0.4, -0.2) is 16.8 Å². The maximum absolute atomic E-state index is 11.9. The summed E-state index contributed by atoms with van der Waals surface area (Å²) in [5, 5.41) is 1.12. The molecule has 5 nitrogen and oxygen atoms in total. The Hall–Kier alpha value is -2.04. The van der Waals surface area contributed by atoms with E-state index in [1.165, 1.54) is 12.1 Å². The van der Waals surface area contributed by atoms with Gasteiger partial charge in [-0.05, 0) is 17.7 Å². The third kappa shape index (κ3) is 3.29. The molecule has 7 heteroatoms. The SMILES string of the molecule is C#CCc1ccc(N(S(=O)(=O)C=C)S(=O)(=O)C=C)cc1. The van der Waals surface area contributed by atoms with Crippen molar-refractivity contribution in [1.82, 2.24) is 0 Å². The minimum absolute atomic E-state index is 0.0365. The highest BCUT2D eigenvalue weighted by Crippen LogP contribution is 2.24. The van der Waals surface area contributed by atoms with Gasteiger partial charge in [0.25, 0.3) is 20.0 Å². The number of hydrogen-bond donors (Lipinski definition) is 0. The van der Waals surface area contributed by atoms with Gasteiger partial charge in [0, 0.05) is 17.2 Å². The Morgan fingerprint density at radius 1 is 1.05 bits per heavy atom. The van der Waals surface area contributed by atoms with E-state index in [2.05, 4.69) is 19.1 Å². The van der Waals surface area contributed by atoms with Crippen LogP contribution in [0, 0.1) is 12.3 Å². The van der Waals surface area contributed by atoms with Gasteiger partial charge in [-0.3, -0.25) is 0 Å². The Labute approximate surface area is 119 Å². The largest absolute Gasteiger partial charge is 0.270 e. The van der Waals surface area contributed by atoms with E-state index in [1.54, 1.807) is 12.1 Å². The Bertz CT molecular complexity index is 716. The molecule has 0 unspecified atom stereocenters. The van der Waals surface area contributed by atoms with Gasteiger partial charge < -0.3 is 0 Å². The predicted octanol–water partition coefficient (Wildman–Crippen LogP) is 1.62. The van der Waals surface area contributed by atoms with Crippen molar-refractivity contribution in [2.24, 2.45) is 0 Å². The maximum Gasteiger partial charge on any atom is 0.270 e. The summed E-state index contributed by atoms with van der Waals surface area (Å²) in [6, 6.07) is 5.82. The van der Waals surface area contributed by atoms with Crippen LogP contribution in [0.1, 0.15) is 5.56 Å². The molecule has 0 radical (unpaired) electrons. The van der Waals surface area contributed by atoms with Crippen molar-refractivity contribution < 1.29 is 16.8 Å². The summed E-state index contributed by atoms with van der Waals surface area (Å²) in [5.74, 6) is 2.43. The van der Waals surface area contributed by atoms with E-state index in [1.807, 2.05) is 0 Å². The van der Waals surface area contributed by atoms with Crippen LogP contribution < -0.4 is 3.71 Å². The monoisotopic (exact) mass is 311 g/mol. The van der Waals surface area contributed by atoms with E-state index >= 15 is 0 Å². The van der Waals surface area contributed by atoms with E-state index in [9.17, 15) is 16.8 Å². The lowest BCUT2D eigenvalue weighted by Crippen LogP contribution is -2.33. The fraction of sp³-hybridized carbons (Fsp3) is 0.0769. The van der Waals surface area contributed by atoms with Crippen LogP contribution >= 0.6 is 0 Å². The van der Waals surface area contributed by atoms with Crippen molar-refractivity contribution in [1.29, 1.82) is 0 Å². The number of sulfonamides is 2. The molecular formula is C13H13NO4S2. The van der Waals surface area contributed by atoms with Gasteiger partial charge in [-0.25, -0.2) is 16.8 Å². The topological polar surface area (TPSA) is 71.5 Å². The van der Waals surface area contributed by atoms with Crippen LogP contribution in [0.5, 0.6) is 0 Å². The Balaban J connectivity index is 3.44. The minimum Gasteiger partial charge on any atom is -0.201 e. The highest BCUT2D eigenvalue weighted by atomic mass is 32.3. The third-order valence-corrected chi connectivity index (χ3v) is 5.77. The average Bonchev–Trinajstić information content (AvgIpc) is 2.41. The third-order valence-electron chi connectivity index (χ3n) is 2.34. The Morgan fingerprint density at radius 2 is 1.50 bits per heavy atom. The van der Waals surface area contributed by atoms with Gasteiger partial charge in [0.15, 0.2) is 0 Å². The first-order chi connectivity index (χ1) is 9.28. The van der Waals surface area contributed by atoms with Crippen molar-refractivity contribution in [2.45, 2.75) is 6.42 Å². The summed E-state index contributed by atoms with van der Waals surface area (Å²) >= 11 is 0. The van der Waals surface area contributed by atoms with Crippen LogP contribution in [0.3, 0.4) is 0 Å². The van der Waals surface area contributed by atoms with E-state index < -0.39 is 20.0 Å². The van der Waals surface area contributed by atoms with Gasteiger partial charge in [-0.2, -0.15) is 3.71 Å². The molecule has 20 heavy (non-hydrogen) atoms. The number of rotatable bonds is 6. The lowest BCUT2D eigenvalue weighted by Gasteiger charge is -2.20. The van der Waals surface area contributed by atoms with E-state index in [0.717, 1.165) is 5.56 Å². The molecule has 0 spiro atoms. The van der Waals surface area contributed by atoms with Gasteiger partial charge in [-0.1, -0.05) is 25.3 Å². The Morgan fingerprint density at radius 3 is 1.85 bits per heavy atom. The second kappa shape index (κ2) is 5.94. The van der Waals surface area contributed by atoms with Crippen LogP contribution in [0.4, 0.5) is 5.69 Å². The summed E-state index contributed by atoms with van der Waals surface area (Å²) in [5.41, 5.74) is 0.730. The summed E-state index contributed by atoms with van der Waals surface area (Å²) in [4.78, 5) is 0. The molecule has 106 valence electrons. The quantitative estimate of drug-likeness (QED) is 0.748. The first-order valence-electron chi connectivity index (χ1n) is 5.36. The van der Waals surface area contributed by atoms with E-state index in [-0.39, 0.29) is 9.40 Å². The van der Waals surface area contributed by atoms with Gasteiger partial charge in [-0.15, -0.1) is 12.3 Å². The van der Waals surface area contributed by atoms with E-state index in [4.69, 9.17) is 6.42 Å². The zero-order chi connectivity index (χ0) is 15.4. The number of terminal acetylenes is 1. The zero-order valence-electron chi connectivity index (χ0n) is 10.6. The van der Waals surface area contributed by atoms with Gasteiger partial charge in [0.2, 0.25) is 0 Å². The zero-order valence-corrected chi connectivity index (χ0v) is 12.2. The molecule has 0 aliphatic carbocycles. The highest BCUT2D eigenvalue weighted by Gasteiger charge is 2.29. The number of benzene rings is 1. The molecule has 0 bridgehead atoms. The first-order valence-corrected chi connectivity index (χ1v) is 8.37. The van der Waals surface area contributed by atoms with E-state index in [0.29, 0.717) is 17.2 Å². The standard InChI is InChI=1S/C13H13NO4S2/c1-4-7-12-8-10-13(11-9-12)14(19(15,16)5-2)20(17,18)6-3/h1,5-6,8-11H,2-3,7H2. The molecule has 0 saturated heterocycles. The predicted molar refractivity (Wildman–Crippen MR) is 79.7 cm³/mol. The molecule has 1 aromatic carbocycles. The van der Waals surface area contributed by atoms with Crippen molar-refractivity contribution in [3.8, 4) is 12.3 Å². The van der Waals surface area contributed by atoms with Crippen molar-refractivity contribution in [3.63, 3.8) is 0 Å². The second-order valence-electron chi connectivity index (χ2n) is 3.67. The molecule has 0 fully saturated rings. The highest BCUT2D eigenvalue weighted by molar-refractivity contribution is 8.12. The molecule has 0 aromatic heterocycles. The number of anilines is 1. The van der Waals surface area contributed by atoms with Gasteiger partial charge in [0.05, 0.1) is 5.69 Å². The van der Waals surface area contributed by atoms with Crippen LogP contribution in [-0.2, 0) is 26.5 Å². The molecule has 0 heterocycles. The van der Waals surface area contributed by atoms with Crippen molar-refractivity contribution >= 4 is 25.7 Å². The number of nitrogens with zero attached hydrogens (tertiary/aromatic N) is 1. The summed E-state index contributed by atoms with van der Waals surface area (Å²) in [6.45, 7) is 6.24. The summed E-state index contributed by atoms with van der Waals surface area (Å²) in [7, 11) is -8.42. The first kappa shape index (κ1) is 16.0. The summed E-state index contributed by atoms with van der Waals surface area (Å²) < 4.78 is 47.7. The fourth-order valence-electron chi connectivity index (χ4n) is 1.43. The van der Waals surface area contributed by atoms with Gasteiger partial charge in [0.1, 0.15) is 0 Å². The molecular weight excluding hydrogens is 298 g/mol. The minimum atomic E-state index is -4.21. The molecule has 0 aliphatic heterocycles. The molecule has 0 amide bonds. The lowest BCUT2D eigenvalue weighted by molar-refractivity contribution is 0.594. The molecule has 0 N–H and O–H groups in total. The van der Waals surface area contributed by atoms with Crippen LogP contribution in [0.2, 0.25) is 0 Å². The molecule has 1 aromatic rings. The molecule has 0 atom stereocenters. The Kier molecular flexibility index (Phi) is 4.76. The van der Waals surface area contributed by atoms with Crippen molar-refractivity contribution in [2.75, 3.05) is 3.71 Å².